The summed E-state index contributed by atoms with van der Waals surface area (Å²) in [6.07, 6.45) is 0.709. The molecule has 0 radical (unpaired) electrons. The minimum absolute atomic E-state index is 0.122. The summed E-state index contributed by atoms with van der Waals surface area (Å²) < 4.78 is 7.47. The van der Waals surface area contributed by atoms with Crippen molar-refractivity contribution in [2.24, 2.45) is 0 Å². The van der Waals surface area contributed by atoms with Crippen LogP contribution in [0.25, 0.3) is 0 Å². The smallest absolute Gasteiger partial charge is 0.335 e. The number of benzene rings is 2. The van der Waals surface area contributed by atoms with E-state index in [1.165, 1.54) is 19.4 Å². The molecule has 0 saturated carbocycles. The van der Waals surface area contributed by atoms with Gasteiger partial charge in [0.15, 0.2) is 5.60 Å². The van der Waals surface area contributed by atoms with Gasteiger partial charge in [0, 0.05) is 17.1 Å². The molecule has 0 aliphatic rings. The van der Waals surface area contributed by atoms with Crippen LogP contribution in [0.3, 0.4) is 0 Å². The third-order valence-electron chi connectivity index (χ3n) is 4.52. The lowest BCUT2D eigenvalue weighted by Crippen LogP contribution is -2.34. The number of hydrogen-bond acceptors (Lipinski definition) is 3. The van der Waals surface area contributed by atoms with E-state index in [1.807, 2.05) is 53.2 Å². The van der Waals surface area contributed by atoms with Crippen molar-refractivity contribution < 1.29 is 14.6 Å². The SMILES string of the molecule is CC(C)(OCc1cc(Cc2ccccc2)n(Cc2ccccc2Cl)n1)C(=O)O. The van der Waals surface area contributed by atoms with E-state index in [4.69, 9.17) is 16.3 Å². The van der Waals surface area contributed by atoms with Gasteiger partial charge in [-0.25, -0.2) is 4.79 Å². The lowest BCUT2D eigenvalue weighted by atomic mass is 10.1. The van der Waals surface area contributed by atoms with Crippen LogP contribution in [0.5, 0.6) is 0 Å². The van der Waals surface area contributed by atoms with Gasteiger partial charge in [-0.15, -0.1) is 0 Å². The maximum atomic E-state index is 11.3. The standard InChI is InChI=1S/C22H23ClN2O3/c1-22(2,21(26)27)28-15-18-13-19(12-16-8-4-3-5-9-16)25(24-18)14-17-10-6-7-11-20(17)23/h3-11,13H,12,14-15H2,1-2H3,(H,26,27). The molecule has 3 rings (SSSR count). The van der Waals surface area contributed by atoms with Crippen LogP contribution in [-0.2, 0) is 29.1 Å². The van der Waals surface area contributed by atoms with Gasteiger partial charge in [-0.1, -0.05) is 60.1 Å². The third-order valence-corrected chi connectivity index (χ3v) is 4.88. The molecule has 1 heterocycles. The van der Waals surface area contributed by atoms with Gasteiger partial charge < -0.3 is 9.84 Å². The van der Waals surface area contributed by atoms with Crippen LogP contribution in [0.15, 0.2) is 60.7 Å². The second kappa shape index (κ2) is 8.59. The van der Waals surface area contributed by atoms with Crippen molar-refractivity contribution in [1.29, 1.82) is 0 Å². The summed E-state index contributed by atoms with van der Waals surface area (Å²) in [4.78, 5) is 11.3. The van der Waals surface area contributed by atoms with Crippen molar-refractivity contribution in [2.75, 3.05) is 0 Å². The number of hydrogen-bond donors (Lipinski definition) is 1. The van der Waals surface area contributed by atoms with Crippen LogP contribution in [-0.4, -0.2) is 26.5 Å². The summed E-state index contributed by atoms with van der Waals surface area (Å²) in [5.74, 6) is -1.01. The Kier molecular flexibility index (Phi) is 6.17. The first-order chi connectivity index (χ1) is 13.3. The van der Waals surface area contributed by atoms with E-state index in [-0.39, 0.29) is 6.61 Å². The van der Waals surface area contributed by atoms with Gasteiger partial charge in [-0.05, 0) is 37.1 Å². The minimum atomic E-state index is -1.27. The van der Waals surface area contributed by atoms with Crippen LogP contribution in [0.1, 0.15) is 36.4 Å². The summed E-state index contributed by atoms with van der Waals surface area (Å²) in [6.45, 7) is 3.71. The summed E-state index contributed by atoms with van der Waals surface area (Å²) in [5.41, 5.74) is 2.57. The van der Waals surface area contributed by atoms with Gasteiger partial charge in [0.1, 0.15) is 0 Å². The molecule has 3 aromatic rings. The molecule has 0 spiro atoms. The predicted molar refractivity (Wildman–Crippen MR) is 109 cm³/mol. The van der Waals surface area contributed by atoms with Crippen molar-refractivity contribution in [3.8, 4) is 0 Å². The van der Waals surface area contributed by atoms with Gasteiger partial charge in [0.05, 0.1) is 18.8 Å². The molecule has 0 fully saturated rings. The number of aromatic nitrogens is 2. The van der Waals surface area contributed by atoms with Crippen LogP contribution >= 0.6 is 11.6 Å². The first kappa shape index (κ1) is 20.1. The van der Waals surface area contributed by atoms with Gasteiger partial charge in [-0.2, -0.15) is 5.10 Å². The van der Waals surface area contributed by atoms with E-state index in [0.717, 1.165) is 11.3 Å². The monoisotopic (exact) mass is 398 g/mol. The molecule has 0 amide bonds. The Morgan fingerprint density at radius 2 is 1.82 bits per heavy atom. The van der Waals surface area contributed by atoms with E-state index >= 15 is 0 Å². The molecule has 1 aromatic heterocycles. The molecule has 0 saturated heterocycles. The highest BCUT2D eigenvalue weighted by Gasteiger charge is 2.28. The number of halogens is 1. The van der Waals surface area contributed by atoms with Crippen LogP contribution in [0.4, 0.5) is 0 Å². The Labute approximate surface area is 169 Å². The van der Waals surface area contributed by atoms with Gasteiger partial charge in [0.2, 0.25) is 0 Å². The van der Waals surface area contributed by atoms with Crippen molar-refractivity contribution in [3.63, 3.8) is 0 Å². The number of carbonyl (C=O) groups is 1. The molecular weight excluding hydrogens is 376 g/mol. The molecule has 0 unspecified atom stereocenters. The second-order valence-corrected chi connectivity index (χ2v) is 7.55. The van der Waals surface area contributed by atoms with Crippen molar-refractivity contribution in [1.82, 2.24) is 9.78 Å². The number of aliphatic carboxylic acids is 1. The molecule has 0 bridgehead atoms. The first-order valence-corrected chi connectivity index (χ1v) is 9.43. The summed E-state index contributed by atoms with van der Waals surface area (Å²) >= 11 is 6.32. The van der Waals surface area contributed by atoms with E-state index in [1.54, 1.807) is 0 Å². The van der Waals surface area contributed by atoms with Gasteiger partial charge >= 0.3 is 5.97 Å². The fourth-order valence-electron chi connectivity index (χ4n) is 2.77. The van der Waals surface area contributed by atoms with Crippen LogP contribution in [0.2, 0.25) is 5.02 Å². The molecule has 0 aliphatic carbocycles. The number of carboxylic acid groups (broad SMARTS) is 1. The number of rotatable bonds is 8. The Balaban J connectivity index is 1.86. The zero-order valence-corrected chi connectivity index (χ0v) is 16.7. The average Bonchev–Trinajstić information content (AvgIpc) is 3.04. The topological polar surface area (TPSA) is 64.4 Å². The fourth-order valence-corrected chi connectivity index (χ4v) is 2.97. The Morgan fingerprint density at radius 3 is 2.50 bits per heavy atom. The Morgan fingerprint density at radius 1 is 1.14 bits per heavy atom. The largest absolute Gasteiger partial charge is 0.479 e. The Hall–Kier alpha value is -2.63. The normalized spacial score (nSPS) is 11.5. The number of carboxylic acids is 1. The van der Waals surface area contributed by atoms with E-state index in [0.29, 0.717) is 23.7 Å². The van der Waals surface area contributed by atoms with E-state index in [2.05, 4.69) is 17.2 Å². The summed E-state index contributed by atoms with van der Waals surface area (Å²) in [7, 11) is 0. The number of ether oxygens (including phenoxy) is 1. The maximum Gasteiger partial charge on any atom is 0.335 e. The molecule has 6 heteroatoms. The molecule has 0 atom stereocenters. The highest BCUT2D eigenvalue weighted by molar-refractivity contribution is 6.31. The molecule has 146 valence electrons. The lowest BCUT2D eigenvalue weighted by molar-refractivity contribution is -0.162. The van der Waals surface area contributed by atoms with Gasteiger partial charge in [0.25, 0.3) is 0 Å². The first-order valence-electron chi connectivity index (χ1n) is 9.05. The van der Waals surface area contributed by atoms with Crippen LogP contribution < -0.4 is 0 Å². The van der Waals surface area contributed by atoms with Crippen molar-refractivity contribution in [2.45, 2.75) is 39.0 Å². The maximum absolute atomic E-state index is 11.3. The molecule has 2 aromatic carbocycles. The fraction of sp³-hybridized carbons (Fsp3) is 0.273. The van der Waals surface area contributed by atoms with E-state index in [9.17, 15) is 9.90 Å². The minimum Gasteiger partial charge on any atom is -0.479 e. The zero-order valence-electron chi connectivity index (χ0n) is 15.9. The third kappa shape index (κ3) is 5.00. The van der Waals surface area contributed by atoms with Crippen LogP contribution in [0, 0.1) is 0 Å². The number of nitrogens with zero attached hydrogens (tertiary/aromatic N) is 2. The molecule has 1 N–H and O–H groups in total. The second-order valence-electron chi connectivity index (χ2n) is 7.14. The van der Waals surface area contributed by atoms with Gasteiger partial charge in [-0.3, -0.25) is 4.68 Å². The summed E-state index contributed by atoms with van der Waals surface area (Å²) in [5, 5.41) is 14.6. The highest BCUT2D eigenvalue weighted by atomic mass is 35.5. The molecule has 28 heavy (non-hydrogen) atoms. The zero-order chi connectivity index (χ0) is 20.1. The lowest BCUT2D eigenvalue weighted by Gasteiger charge is -2.19. The predicted octanol–water partition coefficient (Wildman–Crippen LogP) is 4.56. The molecular formula is C22H23ClN2O3. The van der Waals surface area contributed by atoms with E-state index < -0.39 is 11.6 Å². The van der Waals surface area contributed by atoms with Crippen molar-refractivity contribution in [3.05, 3.63) is 88.2 Å². The summed E-state index contributed by atoms with van der Waals surface area (Å²) in [6, 6.07) is 19.8. The van der Waals surface area contributed by atoms with Crippen molar-refractivity contribution >= 4 is 17.6 Å². The average molecular weight is 399 g/mol. The Bertz CT molecular complexity index is 951. The highest BCUT2D eigenvalue weighted by Crippen LogP contribution is 2.20. The molecule has 0 aliphatic heterocycles. The quantitative estimate of drug-likeness (QED) is 0.604. The molecule has 5 nitrogen and oxygen atoms in total.